The Kier molecular flexibility index (Phi) is 4.81. The molecule has 6 nitrogen and oxygen atoms in total. The molecule has 0 aromatic heterocycles. The van der Waals surface area contributed by atoms with Crippen molar-refractivity contribution in [3.8, 4) is 0 Å². The molecular formula is C18H14ClNO5. The summed E-state index contributed by atoms with van der Waals surface area (Å²) in [5.41, 5.74) is 2.49. The van der Waals surface area contributed by atoms with E-state index in [0.717, 1.165) is 30.9 Å². The van der Waals surface area contributed by atoms with E-state index >= 15 is 0 Å². The van der Waals surface area contributed by atoms with Crippen molar-refractivity contribution in [1.82, 2.24) is 0 Å². The van der Waals surface area contributed by atoms with E-state index in [1.165, 1.54) is 17.7 Å². The van der Waals surface area contributed by atoms with E-state index in [9.17, 15) is 19.7 Å². The maximum atomic E-state index is 12.2. The van der Waals surface area contributed by atoms with Crippen molar-refractivity contribution in [1.29, 1.82) is 0 Å². The second-order valence-corrected chi connectivity index (χ2v) is 6.17. The van der Waals surface area contributed by atoms with Crippen molar-refractivity contribution in [2.45, 2.75) is 19.3 Å². The molecule has 0 amide bonds. The second-order valence-electron chi connectivity index (χ2n) is 5.76. The predicted molar refractivity (Wildman–Crippen MR) is 91.2 cm³/mol. The number of hydrogen-bond donors (Lipinski definition) is 0. The summed E-state index contributed by atoms with van der Waals surface area (Å²) in [6, 6.07) is 9.10. The van der Waals surface area contributed by atoms with Crippen LogP contribution < -0.4 is 0 Å². The number of halogens is 1. The first-order chi connectivity index (χ1) is 12.0. The van der Waals surface area contributed by atoms with Gasteiger partial charge in [-0.2, -0.15) is 0 Å². The van der Waals surface area contributed by atoms with Crippen molar-refractivity contribution in [3.63, 3.8) is 0 Å². The normalized spacial score (nSPS) is 12.5. The number of aryl methyl sites for hydroxylation is 2. The molecule has 0 saturated heterocycles. The minimum Gasteiger partial charge on any atom is -0.454 e. The highest BCUT2D eigenvalue weighted by molar-refractivity contribution is 6.32. The average Bonchev–Trinajstić information content (AvgIpc) is 3.07. The topological polar surface area (TPSA) is 86.5 Å². The number of nitrogens with zero attached hydrogens (tertiary/aromatic N) is 1. The van der Waals surface area contributed by atoms with Gasteiger partial charge in [-0.15, -0.1) is 0 Å². The summed E-state index contributed by atoms with van der Waals surface area (Å²) in [4.78, 5) is 34.4. The number of ether oxygens (including phenoxy) is 1. The van der Waals surface area contributed by atoms with Gasteiger partial charge in [-0.05, 0) is 48.6 Å². The number of carbonyl (C=O) groups excluding carboxylic acids is 2. The Balaban J connectivity index is 1.67. The van der Waals surface area contributed by atoms with Gasteiger partial charge in [-0.1, -0.05) is 23.7 Å². The number of hydrogen-bond acceptors (Lipinski definition) is 5. The van der Waals surface area contributed by atoms with Crippen LogP contribution >= 0.6 is 11.6 Å². The lowest BCUT2D eigenvalue weighted by atomic mass is 10.0. The van der Waals surface area contributed by atoms with E-state index in [1.54, 1.807) is 6.07 Å². The largest absolute Gasteiger partial charge is 0.454 e. The lowest BCUT2D eigenvalue weighted by Gasteiger charge is -2.06. The van der Waals surface area contributed by atoms with Crippen LogP contribution in [0.1, 0.15) is 38.3 Å². The summed E-state index contributed by atoms with van der Waals surface area (Å²) in [7, 11) is 0. The highest BCUT2D eigenvalue weighted by Gasteiger charge is 2.19. The molecule has 0 spiro atoms. The molecule has 1 aliphatic rings. The highest BCUT2D eigenvalue weighted by Crippen LogP contribution is 2.26. The van der Waals surface area contributed by atoms with Crippen LogP contribution in [0.15, 0.2) is 36.4 Å². The van der Waals surface area contributed by atoms with Gasteiger partial charge in [0.2, 0.25) is 0 Å². The van der Waals surface area contributed by atoms with E-state index in [2.05, 4.69) is 0 Å². The first-order valence-electron chi connectivity index (χ1n) is 7.72. The molecule has 128 valence electrons. The maximum absolute atomic E-state index is 12.2. The minimum atomic E-state index is -0.811. The Labute approximate surface area is 148 Å². The molecule has 0 aliphatic heterocycles. The predicted octanol–water partition coefficient (Wildman–Crippen LogP) is 3.78. The standard InChI is InChI=1S/C18H14ClNO5/c19-15-7-6-14(9-16(15)20(23)24)18(22)25-10-17(21)13-5-4-11-2-1-3-12(11)8-13/h4-9H,1-3,10H2. The number of esters is 1. The van der Waals surface area contributed by atoms with Gasteiger partial charge in [-0.25, -0.2) is 4.79 Å². The van der Waals surface area contributed by atoms with E-state index < -0.39 is 17.5 Å². The Morgan fingerprint density at radius 2 is 1.80 bits per heavy atom. The number of ketones is 1. The molecule has 0 unspecified atom stereocenters. The molecule has 7 heteroatoms. The number of Topliss-reactive ketones (excluding diaryl/α,β-unsaturated/α-hetero) is 1. The van der Waals surface area contributed by atoms with Crippen LogP contribution in [0.2, 0.25) is 5.02 Å². The molecule has 0 N–H and O–H groups in total. The van der Waals surface area contributed by atoms with Gasteiger partial charge in [0.1, 0.15) is 5.02 Å². The fourth-order valence-corrected chi connectivity index (χ4v) is 3.01. The molecule has 0 radical (unpaired) electrons. The first kappa shape index (κ1) is 17.1. The third-order valence-corrected chi connectivity index (χ3v) is 4.45. The molecule has 0 fully saturated rings. The fourth-order valence-electron chi connectivity index (χ4n) is 2.82. The van der Waals surface area contributed by atoms with Crippen LogP contribution in [-0.4, -0.2) is 23.3 Å². The van der Waals surface area contributed by atoms with Crippen molar-refractivity contribution >= 4 is 29.0 Å². The monoisotopic (exact) mass is 359 g/mol. The van der Waals surface area contributed by atoms with Gasteiger partial charge in [0.25, 0.3) is 5.69 Å². The van der Waals surface area contributed by atoms with E-state index in [4.69, 9.17) is 16.3 Å². The van der Waals surface area contributed by atoms with Crippen LogP contribution in [0, 0.1) is 10.1 Å². The lowest BCUT2D eigenvalue weighted by molar-refractivity contribution is -0.384. The number of nitro benzene ring substituents is 1. The Morgan fingerprint density at radius 3 is 2.56 bits per heavy atom. The van der Waals surface area contributed by atoms with Crippen molar-refractivity contribution in [3.05, 3.63) is 73.8 Å². The SMILES string of the molecule is O=C(COC(=O)c1ccc(Cl)c([N+](=O)[O-])c1)c1ccc2c(c1)CCC2. The summed E-state index contributed by atoms with van der Waals surface area (Å²) < 4.78 is 4.98. The summed E-state index contributed by atoms with van der Waals surface area (Å²) in [5.74, 6) is -1.12. The van der Waals surface area contributed by atoms with Crippen LogP contribution in [0.4, 0.5) is 5.69 Å². The zero-order valence-corrected chi connectivity index (χ0v) is 13.9. The average molecular weight is 360 g/mol. The molecule has 25 heavy (non-hydrogen) atoms. The Hall–Kier alpha value is -2.73. The van der Waals surface area contributed by atoms with Crippen LogP contribution in [0.3, 0.4) is 0 Å². The fraction of sp³-hybridized carbons (Fsp3) is 0.222. The zero-order valence-electron chi connectivity index (χ0n) is 13.2. The summed E-state index contributed by atoms with van der Waals surface area (Å²) in [5, 5.41) is 10.8. The Bertz CT molecular complexity index is 878. The number of fused-ring (bicyclic) bond motifs is 1. The number of carbonyl (C=O) groups is 2. The maximum Gasteiger partial charge on any atom is 0.338 e. The van der Waals surface area contributed by atoms with Crippen LogP contribution in [0.5, 0.6) is 0 Å². The van der Waals surface area contributed by atoms with Gasteiger partial charge in [0.15, 0.2) is 12.4 Å². The van der Waals surface area contributed by atoms with Gasteiger partial charge in [0.05, 0.1) is 10.5 Å². The van der Waals surface area contributed by atoms with Gasteiger partial charge in [0, 0.05) is 11.6 Å². The van der Waals surface area contributed by atoms with Gasteiger partial charge >= 0.3 is 5.97 Å². The molecule has 0 saturated carbocycles. The van der Waals surface area contributed by atoms with Crippen molar-refractivity contribution in [2.75, 3.05) is 6.61 Å². The first-order valence-corrected chi connectivity index (χ1v) is 8.09. The van der Waals surface area contributed by atoms with Gasteiger partial charge < -0.3 is 4.74 Å². The van der Waals surface area contributed by atoms with Crippen LogP contribution in [-0.2, 0) is 17.6 Å². The molecule has 0 atom stereocenters. The number of rotatable bonds is 5. The summed E-state index contributed by atoms with van der Waals surface area (Å²) >= 11 is 5.70. The number of nitro groups is 1. The van der Waals surface area contributed by atoms with Gasteiger partial charge in [-0.3, -0.25) is 14.9 Å². The Morgan fingerprint density at radius 1 is 1.08 bits per heavy atom. The minimum absolute atomic E-state index is 0.0298. The summed E-state index contributed by atoms with van der Waals surface area (Å²) in [6.07, 6.45) is 3.05. The van der Waals surface area contributed by atoms with E-state index in [0.29, 0.717) is 5.56 Å². The zero-order chi connectivity index (χ0) is 18.0. The van der Waals surface area contributed by atoms with Crippen LogP contribution in [0.25, 0.3) is 0 Å². The molecule has 1 aliphatic carbocycles. The third-order valence-electron chi connectivity index (χ3n) is 4.13. The third kappa shape index (κ3) is 3.69. The molecule has 0 heterocycles. The van der Waals surface area contributed by atoms with Crippen molar-refractivity contribution < 1.29 is 19.2 Å². The highest BCUT2D eigenvalue weighted by atomic mass is 35.5. The lowest BCUT2D eigenvalue weighted by Crippen LogP contribution is -2.14. The van der Waals surface area contributed by atoms with E-state index in [1.807, 2.05) is 12.1 Å². The summed E-state index contributed by atoms with van der Waals surface area (Å²) in [6.45, 7) is -0.423. The second kappa shape index (κ2) is 7.03. The molecule has 2 aromatic rings. The molecular weight excluding hydrogens is 346 g/mol. The smallest absolute Gasteiger partial charge is 0.338 e. The quantitative estimate of drug-likeness (QED) is 0.351. The number of benzene rings is 2. The molecule has 0 bridgehead atoms. The van der Waals surface area contributed by atoms with Crippen molar-refractivity contribution in [2.24, 2.45) is 0 Å². The molecule has 2 aromatic carbocycles. The van der Waals surface area contributed by atoms with E-state index in [-0.39, 0.29) is 22.1 Å². The molecule has 3 rings (SSSR count).